The first-order valence-corrected chi connectivity index (χ1v) is 6.12. The number of rotatable bonds is 3. The first kappa shape index (κ1) is 11.7. The van der Waals surface area contributed by atoms with E-state index in [4.69, 9.17) is 14.9 Å². The summed E-state index contributed by atoms with van der Waals surface area (Å²) < 4.78 is 11.3. The lowest BCUT2D eigenvalue weighted by atomic mass is 9.97. The maximum atomic E-state index is 5.97. The number of hydrogen-bond donors (Lipinski definition) is 1. The number of furan rings is 1. The summed E-state index contributed by atoms with van der Waals surface area (Å²) in [5.41, 5.74) is 6.91. The van der Waals surface area contributed by atoms with Crippen LogP contribution in [0.5, 0.6) is 0 Å². The molecule has 0 amide bonds. The summed E-state index contributed by atoms with van der Waals surface area (Å²) in [7, 11) is 0. The van der Waals surface area contributed by atoms with E-state index in [-0.39, 0.29) is 0 Å². The van der Waals surface area contributed by atoms with Crippen LogP contribution in [0.2, 0.25) is 0 Å². The molecule has 3 nitrogen and oxygen atoms in total. The van der Waals surface area contributed by atoms with Crippen LogP contribution < -0.4 is 5.73 Å². The van der Waals surface area contributed by atoms with E-state index in [9.17, 15) is 0 Å². The van der Waals surface area contributed by atoms with Crippen LogP contribution in [-0.2, 0) is 11.3 Å². The van der Waals surface area contributed by atoms with Crippen LogP contribution in [0.25, 0.3) is 0 Å². The van der Waals surface area contributed by atoms with Gasteiger partial charge in [-0.25, -0.2) is 0 Å². The molecule has 0 atom stereocenters. The summed E-state index contributed by atoms with van der Waals surface area (Å²) in [6, 6.07) is 2.14. The fourth-order valence-corrected chi connectivity index (χ4v) is 2.30. The molecule has 1 aliphatic heterocycles. The standard InChI is InChI=1S/C13H21NO2/c1-9(2)13-11(8-14)7-12(16-13)10-3-5-15-6-4-10/h7,9-10H,3-6,8,14H2,1-2H3. The zero-order chi connectivity index (χ0) is 11.5. The highest BCUT2D eigenvalue weighted by atomic mass is 16.5. The van der Waals surface area contributed by atoms with E-state index in [2.05, 4.69) is 19.9 Å². The third-order valence-corrected chi connectivity index (χ3v) is 3.23. The molecule has 0 aliphatic carbocycles. The zero-order valence-corrected chi connectivity index (χ0v) is 10.2. The summed E-state index contributed by atoms with van der Waals surface area (Å²) in [5, 5.41) is 0. The van der Waals surface area contributed by atoms with Gasteiger partial charge in [0.25, 0.3) is 0 Å². The van der Waals surface area contributed by atoms with Crippen molar-refractivity contribution in [2.75, 3.05) is 13.2 Å². The molecule has 0 spiro atoms. The SMILES string of the molecule is CC(C)c1oc(C2CCOCC2)cc1CN. The van der Waals surface area contributed by atoms with Crippen LogP contribution >= 0.6 is 0 Å². The maximum Gasteiger partial charge on any atom is 0.111 e. The minimum Gasteiger partial charge on any atom is -0.465 e. The van der Waals surface area contributed by atoms with Gasteiger partial charge in [0.05, 0.1) is 0 Å². The average Bonchev–Trinajstić information content (AvgIpc) is 2.74. The van der Waals surface area contributed by atoms with Crippen molar-refractivity contribution in [3.8, 4) is 0 Å². The van der Waals surface area contributed by atoms with Crippen LogP contribution in [0.15, 0.2) is 10.5 Å². The fraction of sp³-hybridized carbons (Fsp3) is 0.692. The normalized spacial score (nSPS) is 18.2. The molecule has 0 unspecified atom stereocenters. The Labute approximate surface area is 97.0 Å². The van der Waals surface area contributed by atoms with E-state index >= 15 is 0 Å². The highest BCUT2D eigenvalue weighted by molar-refractivity contribution is 5.26. The summed E-state index contributed by atoms with van der Waals surface area (Å²) in [4.78, 5) is 0. The third-order valence-electron chi connectivity index (χ3n) is 3.23. The van der Waals surface area contributed by atoms with E-state index in [1.165, 1.54) is 0 Å². The van der Waals surface area contributed by atoms with Crippen LogP contribution in [0, 0.1) is 0 Å². The molecule has 3 heteroatoms. The largest absolute Gasteiger partial charge is 0.465 e. The van der Waals surface area contributed by atoms with Crippen molar-refractivity contribution in [3.05, 3.63) is 23.2 Å². The van der Waals surface area contributed by atoms with Crippen molar-refractivity contribution in [1.29, 1.82) is 0 Å². The first-order chi connectivity index (χ1) is 7.72. The number of ether oxygens (including phenoxy) is 1. The number of hydrogen-bond acceptors (Lipinski definition) is 3. The predicted octanol–water partition coefficient (Wildman–Crippen LogP) is 2.76. The van der Waals surface area contributed by atoms with Crippen LogP contribution in [0.3, 0.4) is 0 Å². The monoisotopic (exact) mass is 223 g/mol. The van der Waals surface area contributed by atoms with Gasteiger partial charge in [-0.05, 0) is 18.9 Å². The van der Waals surface area contributed by atoms with Crippen molar-refractivity contribution in [1.82, 2.24) is 0 Å². The van der Waals surface area contributed by atoms with Gasteiger partial charge in [-0.3, -0.25) is 0 Å². The molecular formula is C13H21NO2. The Kier molecular flexibility index (Phi) is 3.66. The molecule has 0 radical (unpaired) electrons. The van der Waals surface area contributed by atoms with Crippen molar-refractivity contribution >= 4 is 0 Å². The zero-order valence-electron chi connectivity index (χ0n) is 10.2. The highest BCUT2D eigenvalue weighted by Gasteiger charge is 2.22. The Morgan fingerprint density at radius 1 is 1.38 bits per heavy atom. The topological polar surface area (TPSA) is 48.4 Å². The Morgan fingerprint density at radius 2 is 2.06 bits per heavy atom. The average molecular weight is 223 g/mol. The molecule has 90 valence electrons. The minimum atomic E-state index is 0.409. The van der Waals surface area contributed by atoms with E-state index in [1.54, 1.807) is 0 Å². The second-order valence-electron chi connectivity index (χ2n) is 4.78. The van der Waals surface area contributed by atoms with Gasteiger partial charge < -0.3 is 14.9 Å². The van der Waals surface area contributed by atoms with E-state index in [1.807, 2.05) is 0 Å². The van der Waals surface area contributed by atoms with Crippen LogP contribution in [-0.4, -0.2) is 13.2 Å². The van der Waals surface area contributed by atoms with Crippen molar-refractivity contribution < 1.29 is 9.15 Å². The predicted molar refractivity (Wildman–Crippen MR) is 63.5 cm³/mol. The van der Waals surface area contributed by atoms with E-state index in [0.29, 0.717) is 18.4 Å². The summed E-state index contributed by atoms with van der Waals surface area (Å²) in [6.45, 7) is 6.55. The Balaban J connectivity index is 2.20. The van der Waals surface area contributed by atoms with Gasteiger partial charge in [0.15, 0.2) is 0 Å². The molecule has 16 heavy (non-hydrogen) atoms. The molecule has 0 aromatic carbocycles. The van der Waals surface area contributed by atoms with Crippen molar-refractivity contribution in [2.45, 2.75) is 45.1 Å². The van der Waals surface area contributed by atoms with Gasteiger partial charge in [-0.2, -0.15) is 0 Å². The van der Waals surface area contributed by atoms with Crippen molar-refractivity contribution in [2.24, 2.45) is 5.73 Å². The fourth-order valence-electron chi connectivity index (χ4n) is 2.30. The quantitative estimate of drug-likeness (QED) is 0.857. The van der Waals surface area contributed by atoms with Gasteiger partial charge in [0.2, 0.25) is 0 Å². The van der Waals surface area contributed by atoms with Gasteiger partial charge in [-0.15, -0.1) is 0 Å². The lowest BCUT2D eigenvalue weighted by molar-refractivity contribution is 0.0803. The molecule has 2 N–H and O–H groups in total. The van der Waals surface area contributed by atoms with Gasteiger partial charge >= 0.3 is 0 Å². The highest BCUT2D eigenvalue weighted by Crippen LogP contribution is 2.32. The Morgan fingerprint density at radius 3 is 2.56 bits per heavy atom. The van der Waals surface area contributed by atoms with E-state index < -0.39 is 0 Å². The molecule has 2 heterocycles. The second-order valence-corrected chi connectivity index (χ2v) is 4.78. The molecule has 0 saturated carbocycles. The maximum absolute atomic E-state index is 5.97. The molecule has 1 aliphatic rings. The smallest absolute Gasteiger partial charge is 0.111 e. The van der Waals surface area contributed by atoms with Gasteiger partial charge in [0.1, 0.15) is 11.5 Å². The summed E-state index contributed by atoms with van der Waals surface area (Å²) >= 11 is 0. The Hall–Kier alpha value is -0.800. The Bertz CT molecular complexity index is 338. The first-order valence-electron chi connectivity index (χ1n) is 6.12. The summed E-state index contributed by atoms with van der Waals surface area (Å²) in [5.74, 6) is 3.09. The molecule has 2 rings (SSSR count). The third kappa shape index (κ3) is 2.30. The molecule has 0 bridgehead atoms. The van der Waals surface area contributed by atoms with Crippen LogP contribution in [0.1, 0.15) is 55.6 Å². The summed E-state index contributed by atoms with van der Waals surface area (Å²) in [6.07, 6.45) is 2.13. The number of nitrogens with two attached hydrogens (primary N) is 1. The van der Waals surface area contributed by atoms with Gasteiger partial charge in [0, 0.05) is 37.2 Å². The lowest BCUT2D eigenvalue weighted by Gasteiger charge is -2.19. The molecular weight excluding hydrogens is 202 g/mol. The molecule has 1 aromatic heterocycles. The van der Waals surface area contributed by atoms with Gasteiger partial charge in [-0.1, -0.05) is 13.8 Å². The van der Waals surface area contributed by atoms with E-state index in [0.717, 1.165) is 43.1 Å². The molecule has 1 aromatic rings. The second kappa shape index (κ2) is 5.02. The molecule has 1 fully saturated rings. The minimum absolute atomic E-state index is 0.409. The lowest BCUT2D eigenvalue weighted by Crippen LogP contribution is -2.13. The molecule has 1 saturated heterocycles. The van der Waals surface area contributed by atoms with Crippen molar-refractivity contribution in [3.63, 3.8) is 0 Å². The van der Waals surface area contributed by atoms with Crippen LogP contribution in [0.4, 0.5) is 0 Å².